The highest BCUT2D eigenvalue weighted by Gasteiger charge is 2.09. The van der Waals surface area contributed by atoms with Gasteiger partial charge in [0.05, 0.1) is 5.52 Å². The fraction of sp³-hybridized carbons (Fsp3) is 0.182. The van der Waals surface area contributed by atoms with Crippen LogP contribution in [0.2, 0.25) is 0 Å². The summed E-state index contributed by atoms with van der Waals surface area (Å²) in [6, 6.07) is 21.7. The number of fused-ring (bicyclic) bond motifs is 1. The Morgan fingerprint density at radius 2 is 1.71 bits per heavy atom. The molecule has 0 saturated heterocycles. The van der Waals surface area contributed by atoms with Crippen molar-refractivity contribution in [3.05, 3.63) is 84.1 Å². The van der Waals surface area contributed by atoms with Gasteiger partial charge in [-0.15, -0.1) is 0 Å². The second kappa shape index (κ2) is 7.69. The summed E-state index contributed by atoms with van der Waals surface area (Å²) in [5.74, 6) is -0.0318. The van der Waals surface area contributed by atoms with E-state index in [9.17, 15) is 4.79 Å². The van der Waals surface area contributed by atoms with Crippen LogP contribution in [0.3, 0.4) is 0 Å². The van der Waals surface area contributed by atoms with Gasteiger partial charge in [-0.05, 0) is 42.2 Å². The molecule has 0 aliphatic heterocycles. The smallest absolute Gasteiger partial charge is 0.204 e. The minimum Gasteiger partial charge on any atom is -0.288 e. The second-order valence-corrected chi connectivity index (χ2v) is 5.89. The summed E-state index contributed by atoms with van der Waals surface area (Å²) in [6.45, 7) is 2.16. The summed E-state index contributed by atoms with van der Waals surface area (Å²) in [5.41, 5.74) is 3.54. The van der Waals surface area contributed by atoms with E-state index in [1.54, 1.807) is 6.08 Å². The maximum atomic E-state index is 12.7. The van der Waals surface area contributed by atoms with Gasteiger partial charge < -0.3 is 0 Å². The van der Waals surface area contributed by atoms with E-state index in [1.807, 2.05) is 54.6 Å². The number of rotatable bonds is 6. The molecule has 0 amide bonds. The van der Waals surface area contributed by atoms with Crippen LogP contribution in [0, 0.1) is 0 Å². The standard InChI is InChI=1S/C22H21NO/c1-2-3-9-19(17-10-5-4-6-11-17)16-22(24)21-15-14-18-12-7-8-13-20(18)23-21/h4-8,10-16H,2-3,9H2,1H3. The number of unbranched alkanes of at least 4 members (excludes halogenated alkanes) is 1. The Kier molecular flexibility index (Phi) is 5.17. The van der Waals surface area contributed by atoms with Crippen molar-refractivity contribution in [2.75, 3.05) is 0 Å². The summed E-state index contributed by atoms with van der Waals surface area (Å²) < 4.78 is 0. The number of aromatic nitrogens is 1. The highest BCUT2D eigenvalue weighted by molar-refractivity contribution is 6.08. The zero-order valence-corrected chi connectivity index (χ0v) is 13.9. The van der Waals surface area contributed by atoms with Crippen molar-refractivity contribution in [3.63, 3.8) is 0 Å². The number of pyridine rings is 1. The molecular formula is C22H21NO. The molecule has 0 unspecified atom stereocenters. The normalized spacial score (nSPS) is 11.6. The Hall–Kier alpha value is -2.74. The minimum atomic E-state index is -0.0318. The number of nitrogens with zero attached hydrogens (tertiary/aromatic N) is 1. The molecule has 0 saturated carbocycles. The monoisotopic (exact) mass is 315 g/mol. The zero-order valence-electron chi connectivity index (χ0n) is 13.9. The number of carbonyl (C=O) groups is 1. The highest BCUT2D eigenvalue weighted by Crippen LogP contribution is 2.22. The summed E-state index contributed by atoms with van der Waals surface area (Å²) in [6.07, 6.45) is 4.83. The predicted molar refractivity (Wildman–Crippen MR) is 100 cm³/mol. The van der Waals surface area contributed by atoms with E-state index >= 15 is 0 Å². The lowest BCUT2D eigenvalue weighted by Crippen LogP contribution is -2.00. The Labute approximate surface area is 142 Å². The van der Waals surface area contributed by atoms with Gasteiger partial charge in [0.1, 0.15) is 5.69 Å². The van der Waals surface area contributed by atoms with Crippen LogP contribution in [-0.4, -0.2) is 10.8 Å². The van der Waals surface area contributed by atoms with Gasteiger partial charge in [-0.3, -0.25) is 4.79 Å². The largest absolute Gasteiger partial charge is 0.288 e. The van der Waals surface area contributed by atoms with Crippen molar-refractivity contribution in [3.8, 4) is 0 Å². The first kappa shape index (κ1) is 16.1. The molecule has 0 radical (unpaired) electrons. The number of para-hydroxylation sites is 1. The van der Waals surface area contributed by atoms with Crippen LogP contribution in [0.25, 0.3) is 16.5 Å². The van der Waals surface area contributed by atoms with Crippen LogP contribution in [-0.2, 0) is 0 Å². The van der Waals surface area contributed by atoms with E-state index in [4.69, 9.17) is 0 Å². The maximum absolute atomic E-state index is 12.7. The zero-order chi connectivity index (χ0) is 16.8. The van der Waals surface area contributed by atoms with E-state index < -0.39 is 0 Å². The third-order valence-electron chi connectivity index (χ3n) is 4.10. The molecule has 2 aromatic carbocycles. The fourth-order valence-electron chi connectivity index (χ4n) is 2.75. The molecule has 2 nitrogen and oxygen atoms in total. The van der Waals surface area contributed by atoms with Crippen LogP contribution in [0.15, 0.2) is 72.8 Å². The van der Waals surface area contributed by atoms with Gasteiger partial charge in [0, 0.05) is 5.39 Å². The molecule has 120 valence electrons. The van der Waals surface area contributed by atoms with Gasteiger partial charge in [-0.25, -0.2) is 4.98 Å². The Morgan fingerprint density at radius 3 is 2.50 bits per heavy atom. The molecular weight excluding hydrogens is 294 g/mol. The topological polar surface area (TPSA) is 30.0 Å². The molecule has 2 heteroatoms. The van der Waals surface area contributed by atoms with Crippen molar-refractivity contribution >= 4 is 22.3 Å². The molecule has 0 atom stereocenters. The molecule has 1 aromatic heterocycles. The van der Waals surface area contributed by atoms with Gasteiger partial charge in [-0.1, -0.05) is 67.9 Å². The number of carbonyl (C=O) groups excluding carboxylic acids is 1. The van der Waals surface area contributed by atoms with Gasteiger partial charge in [-0.2, -0.15) is 0 Å². The molecule has 0 aliphatic carbocycles. The molecule has 0 bridgehead atoms. The molecule has 1 heterocycles. The molecule has 0 aliphatic rings. The molecule has 3 rings (SSSR count). The van der Waals surface area contributed by atoms with Crippen molar-refractivity contribution in [1.82, 2.24) is 4.98 Å². The van der Waals surface area contributed by atoms with Crippen LogP contribution in [0.4, 0.5) is 0 Å². The van der Waals surface area contributed by atoms with E-state index in [1.165, 1.54) is 0 Å². The third-order valence-corrected chi connectivity index (χ3v) is 4.10. The molecule has 0 spiro atoms. The first-order valence-electron chi connectivity index (χ1n) is 8.44. The molecule has 0 N–H and O–H groups in total. The lowest BCUT2D eigenvalue weighted by Gasteiger charge is -2.07. The van der Waals surface area contributed by atoms with E-state index in [0.29, 0.717) is 5.69 Å². The van der Waals surface area contributed by atoms with Crippen molar-refractivity contribution in [2.24, 2.45) is 0 Å². The summed E-state index contributed by atoms with van der Waals surface area (Å²) >= 11 is 0. The van der Waals surface area contributed by atoms with Crippen LogP contribution in [0.1, 0.15) is 42.2 Å². The number of benzene rings is 2. The number of hydrogen-bond donors (Lipinski definition) is 0. The SMILES string of the molecule is CCCCC(=CC(=O)c1ccc2ccccc2n1)c1ccccc1. The van der Waals surface area contributed by atoms with Crippen LogP contribution < -0.4 is 0 Å². The minimum absolute atomic E-state index is 0.0318. The van der Waals surface area contributed by atoms with Crippen LogP contribution in [0.5, 0.6) is 0 Å². The summed E-state index contributed by atoms with van der Waals surface area (Å²) in [7, 11) is 0. The van der Waals surface area contributed by atoms with E-state index in [0.717, 1.165) is 41.3 Å². The fourth-order valence-corrected chi connectivity index (χ4v) is 2.75. The van der Waals surface area contributed by atoms with Gasteiger partial charge in [0.2, 0.25) is 5.78 Å². The summed E-state index contributed by atoms with van der Waals surface area (Å²) in [5, 5.41) is 1.05. The Morgan fingerprint density at radius 1 is 0.958 bits per heavy atom. The van der Waals surface area contributed by atoms with Gasteiger partial charge in [0.15, 0.2) is 0 Å². The average molecular weight is 315 g/mol. The number of ketones is 1. The lowest BCUT2D eigenvalue weighted by atomic mass is 9.98. The van der Waals surface area contributed by atoms with Crippen molar-refractivity contribution in [1.29, 1.82) is 0 Å². The van der Waals surface area contributed by atoms with E-state index in [2.05, 4.69) is 24.0 Å². The maximum Gasteiger partial charge on any atom is 0.204 e. The van der Waals surface area contributed by atoms with Gasteiger partial charge >= 0.3 is 0 Å². The van der Waals surface area contributed by atoms with Crippen molar-refractivity contribution < 1.29 is 4.79 Å². The summed E-state index contributed by atoms with van der Waals surface area (Å²) in [4.78, 5) is 17.2. The Bertz CT molecular complexity index is 865. The molecule has 3 aromatic rings. The quantitative estimate of drug-likeness (QED) is 0.432. The van der Waals surface area contributed by atoms with Gasteiger partial charge in [0.25, 0.3) is 0 Å². The van der Waals surface area contributed by atoms with Crippen molar-refractivity contribution in [2.45, 2.75) is 26.2 Å². The van der Waals surface area contributed by atoms with E-state index in [-0.39, 0.29) is 5.78 Å². The average Bonchev–Trinajstić information content (AvgIpc) is 2.65. The second-order valence-electron chi connectivity index (χ2n) is 5.89. The number of allylic oxidation sites excluding steroid dienone is 2. The lowest BCUT2D eigenvalue weighted by molar-refractivity contribution is 0.104. The number of hydrogen-bond acceptors (Lipinski definition) is 2. The Balaban J connectivity index is 1.93. The molecule has 24 heavy (non-hydrogen) atoms. The first-order valence-corrected chi connectivity index (χ1v) is 8.44. The molecule has 0 fully saturated rings. The highest BCUT2D eigenvalue weighted by atomic mass is 16.1. The predicted octanol–water partition coefficient (Wildman–Crippen LogP) is 5.69. The van der Waals surface area contributed by atoms with Crippen LogP contribution >= 0.6 is 0 Å². The third kappa shape index (κ3) is 3.77. The first-order chi connectivity index (χ1) is 11.8.